The van der Waals surface area contributed by atoms with Crippen molar-refractivity contribution in [1.29, 1.82) is 0 Å². The molecule has 1 amide bonds. The molecule has 2 aromatic rings. The summed E-state index contributed by atoms with van der Waals surface area (Å²) < 4.78 is 18.1. The van der Waals surface area contributed by atoms with E-state index in [0.717, 1.165) is 0 Å². The molecule has 0 saturated heterocycles. The van der Waals surface area contributed by atoms with Crippen LogP contribution in [0.1, 0.15) is 18.1 Å². The number of aliphatic hydroxyl groups excluding tert-OH is 1. The van der Waals surface area contributed by atoms with Crippen LogP contribution < -0.4 is 10.1 Å². The third-order valence-electron chi connectivity index (χ3n) is 3.25. The van der Waals surface area contributed by atoms with Crippen molar-refractivity contribution in [3.8, 4) is 5.75 Å². The molecular formula is C17H16Cl2FNO3. The van der Waals surface area contributed by atoms with Crippen LogP contribution in [0.25, 0.3) is 0 Å². The topological polar surface area (TPSA) is 58.6 Å². The predicted octanol–water partition coefficient (Wildman–Crippen LogP) is 3.75. The van der Waals surface area contributed by atoms with E-state index in [0.29, 0.717) is 27.8 Å². The highest BCUT2D eigenvalue weighted by Crippen LogP contribution is 2.27. The molecule has 1 atom stereocenters. The molecule has 0 aromatic heterocycles. The second-order valence-electron chi connectivity index (χ2n) is 5.07. The zero-order valence-corrected chi connectivity index (χ0v) is 14.1. The van der Waals surface area contributed by atoms with E-state index < -0.39 is 6.10 Å². The largest absolute Gasteiger partial charge is 0.482 e. The minimum absolute atomic E-state index is 0.200. The third-order valence-corrected chi connectivity index (χ3v) is 3.78. The number of amides is 1. The molecule has 0 radical (unpaired) electrons. The highest BCUT2D eigenvalue weighted by atomic mass is 35.5. The van der Waals surface area contributed by atoms with Crippen LogP contribution in [0.4, 0.5) is 4.39 Å². The minimum atomic E-state index is -0.780. The van der Waals surface area contributed by atoms with Gasteiger partial charge in [0.1, 0.15) is 11.6 Å². The molecule has 2 aromatic carbocycles. The maximum absolute atomic E-state index is 12.8. The molecule has 0 aliphatic rings. The molecule has 0 bridgehead atoms. The standard InChI is InChI=1S/C17H16Cl2FNO3/c18-12-3-6-16(14(19)9-12)24-10-17(23)21-8-7-15(22)11-1-4-13(20)5-2-11/h1-6,9,15,22H,7-8,10H2,(H,21,23). The molecule has 0 aliphatic carbocycles. The number of rotatable bonds is 7. The summed E-state index contributed by atoms with van der Waals surface area (Å²) in [4.78, 5) is 11.7. The van der Waals surface area contributed by atoms with Crippen molar-refractivity contribution in [3.05, 3.63) is 63.9 Å². The number of hydrogen-bond donors (Lipinski definition) is 2. The third kappa shape index (κ3) is 5.67. The van der Waals surface area contributed by atoms with Gasteiger partial charge in [-0.1, -0.05) is 35.3 Å². The molecule has 4 nitrogen and oxygen atoms in total. The molecule has 2 N–H and O–H groups in total. The van der Waals surface area contributed by atoms with Gasteiger partial charge in [0.25, 0.3) is 5.91 Å². The summed E-state index contributed by atoms with van der Waals surface area (Å²) in [6.07, 6.45) is -0.475. The fourth-order valence-corrected chi connectivity index (χ4v) is 2.45. The first-order valence-electron chi connectivity index (χ1n) is 7.24. The number of benzene rings is 2. The minimum Gasteiger partial charge on any atom is -0.482 e. The Morgan fingerprint density at radius 2 is 1.92 bits per heavy atom. The highest BCUT2D eigenvalue weighted by molar-refractivity contribution is 6.35. The Labute approximate surface area is 149 Å². The van der Waals surface area contributed by atoms with Crippen LogP contribution in [0.15, 0.2) is 42.5 Å². The molecule has 128 valence electrons. The van der Waals surface area contributed by atoms with Gasteiger partial charge in [0.15, 0.2) is 6.61 Å². The van der Waals surface area contributed by atoms with E-state index in [9.17, 15) is 14.3 Å². The summed E-state index contributed by atoms with van der Waals surface area (Å²) in [6.45, 7) is 0.0586. The summed E-state index contributed by atoms with van der Waals surface area (Å²) in [5.41, 5.74) is 0.592. The van der Waals surface area contributed by atoms with E-state index in [1.54, 1.807) is 12.1 Å². The van der Waals surface area contributed by atoms with Crippen LogP contribution in [0, 0.1) is 5.82 Å². The Hall–Kier alpha value is -1.82. The zero-order chi connectivity index (χ0) is 17.5. The van der Waals surface area contributed by atoms with Crippen LogP contribution in [-0.2, 0) is 4.79 Å². The van der Waals surface area contributed by atoms with E-state index in [-0.39, 0.29) is 24.9 Å². The Balaban J connectivity index is 1.72. The lowest BCUT2D eigenvalue weighted by molar-refractivity contribution is -0.123. The van der Waals surface area contributed by atoms with E-state index >= 15 is 0 Å². The van der Waals surface area contributed by atoms with Gasteiger partial charge in [-0.25, -0.2) is 4.39 Å². The summed E-state index contributed by atoms with van der Waals surface area (Å²) in [7, 11) is 0. The van der Waals surface area contributed by atoms with Crippen molar-refractivity contribution >= 4 is 29.1 Å². The van der Waals surface area contributed by atoms with Gasteiger partial charge in [0, 0.05) is 11.6 Å². The maximum Gasteiger partial charge on any atom is 0.257 e. The van der Waals surface area contributed by atoms with Crippen LogP contribution in [0.3, 0.4) is 0 Å². The first-order valence-corrected chi connectivity index (χ1v) is 7.99. The van der Waals surface area contributed by atoms with E-state index in [4.69, 9.17) is 27.9 Å². The molecule has 2 rings (SSSR count). The van der Waals surface area contributed by atoms with Crippen molar-refractivity contribution in [2.24, 2.45) is 0 Å². The van der Waals surface area contributed by atoms with Crippen molar-refractivity contribution in [2.75, 3.05) is 13.2 Å². The predicted molar refractivity (Wildman–Crippen MR) is 90.9 cm³/mol. The average Bonchev–Trinajstić information content (AvgIpc) is 2.54. The lowest BCUT2D eigenvalue weighted by Crippen LogP contribution is -2.30. The number of carbonyl (C=O) groups excluding carboxylic acids is 1. The average molecular weight is 372 g/mol. The van der Waals surface area contributed by atoms with Gasteiger partial charge in [0.2, 0.25) is 0 Å². The second kappa shape index (κ2) is 8.87. The van der Waals surface area contributed by atoms with Crippen molar-refractivity contribution < 1.29 is 19.0 Å². The second-order valence-corrected chi connectivity index (χ2v) is 5.91. The van der Waals surface area contributed by atoms with E-state index in [1.807, 2.05) is 0 Å². The van der Waals surface area contributed by atoms with Crippen LogP contribution >= 0.6 is 23.2 Å². The SMILES string of the molecule is O=C(COc1ccc(Cl)cc1Cl)NCCC(O)c1ccc(F)cc1. The van der Waals surface area contributed by atoms with Gasteiger partial charge in [0.05, 0.1) is 11.1 Å². The van der Waals surface area contributed by atoms with Gasteiger partial charge < -0.3 is 15.2 Å². The number of halogens is 3. The van der Waals surface area contributed by atoms with Gasteiger partial charge in [-0.2, -0.15) is 0 Å². The number of carbonyl (C=O) groups is 1. The first kappa shape index (κ1) is 18.5. The van der Waals surface area contributed by atoms with Crippen molar-refractivity contribution in [2.45, 2.75) is 12.5 Å². The van der Waals surface area contributed by atoms with E-state index in [2.05, 4.69) is 5.32 Å². The summed E-state index contributed by atoms with van der Waals surface area (Å²) >= 11 is 11.7. The summed E-state index contributed by atoms with van der Waals surface area (Å²) in [5.74, 6) is -0.341. The molecule has 0 heterocycles. The molecular weight excluding hydrogens is 356 g/mol. The molecule has 7 heteroatoms. The fraction of sp³-hybridized carbons (Fsp3) is 0.235. The highest BCUT2D eigenvalue weighted by Gasteiger charge is 2.10. The molecule has 24 heavy (non-hydrogen) atoms. The molecule has 1 unspecified atom stereocenters. The van der Waals surface area contributed by atoms with Gasteiger partial charge in [-0.3, -0.25) is 4.79 Å². The van der Waals surface area contributed by atoms with Gasteiger partial charge in [-0.15, -0.1) is 0 Å². The van der Waals surface area contributed by atoms with Crippen LogP contribution in [0.5, 0.6) is 5.75 Å². The first-order chi connectivity index (χ1) is 11.5. The zero-order valence-electron chi connectivity index (χ0n) is 12.6. The smallest absolute Gasteiger partial charge is 0.257 e. The number of aliphatic hydroxyl groups is 1. The summed E-state index contributed by atoms with van der Waals surface area (Å²) in [5, 5.41) is 13.4. The monoisotopic (exact) mass is 371 g/mol. The van der Waals surface area contributed by atoms with E-state index in [1.165, 1.54) is 30.3 Å². The Kier molecular flexibility index (Phi) is 6.85. The van der Waals surface area contributed by atoms with Crippen LogP contribution in [0.2, 0.25) is 10.0 Å². The number of nitrogens with one attached hydrogen (secondary N) is 1. The maximum atomic E-state index is 12.8. The number of ether oxygens (including phenoxy) is 1. The van der Waals surface area contributed by atoms with Gasteiger partial charge >= 0.3 is 0 Å². The van der Waals surface area contributed by atoms with Crippen molar-refractivity contribution in [3.63, 3.8) is 0 Å². The lowest BCUT2D eigenvalue weighted by atomic mass is 10.1. The van der Waals surface area contributed by atoms with Gasteiger partial charge in [-0.05, 0) is 42.3 Å². The molecule has 0 aliphatic heterocycles. The molecule has 0 spiro atoms. The number of hydrogen-bond acceptors (Lipinski definition) is 3. The Bertz CT molecular complexity index is 695. The quantitative estimate of drug-likeness (QED) is 0.778. The fourth-order valence-electron chi connectivity index (χ4n) is 1.99. The van der Waals surface area contributed by atoms with Crippen molar-refractivity contribution in [1.82, 2.24) is 5.32 Å². The Morgan fingerprint density at radius 1 is 1.21 bits per heavy atom. The molecule has 0 saturated carbocycles. The Morgan fingerprint density at radius 3 is 2.58 bits per heavy atom. The molecule has 0 fully saturated rings. The summed E-state index contributed by atoms with van der Waals surface area (Å²) in [6, 6.07) is 10.3. The van der Waals surface area contributed by atoms with Crippen LogP contribution in [-0.4, -0.2) is 24.2 Å². The normalized spacial score (nSPS) is 11.8. The lowest BCUT2D eigenvalue weighted by Gasteiger charge is -2.12.